The molecule has 1 heterocycles. The number of ether oxygens (including phenoxy) is 3. The summed E-state index contributed by atoms with van der Waals surface area (Å²) >= 11 is 0. The molecule has 1 N–H and O–H groups in total. The fraction of sp³-hybridized carbons (Fsp3) is 0.158. The fourth-order valence-electron chi connectivity index (χ4n) is 2.52. The molecule has 0 aromatic heterocycles. The van der Waals surface area contributed by atoms with E-state index in [0.717, 1.165) is 18.2 Å². The van der Waals surface area contributed by atoms with Crippen molar-refractivity contribution in [3.8, 4) is 23.3 Å². The van der Waals surface area contributed by atoms with E-state index in [1.807, 2.05) is 0 Å². The summed E-state index contributed by atoms with van der Waals surface area (Å²) in [5, 5.41) is 11.6. The van der Waals surface area contributed by atoms with E-state index in [9.17, 15) is 23.2 Å². The summed E-state index contributed by atoms with van der Waals surface area (Å²) in [7, 11) is 1.43. The first kappa shape index (κ1) is 19.1. The highest BCUT2D eigenvalue weighted by molar-refractivity contribution is 6.09. The predicted octanol–water partition coefficient (Wildman–Crippen LogP) is 3.99. The zero-order chi connectivity index (χ0) is 20.3. The van der Waals surface area contributed by atoms with Crippen LogP contribution >= 0.6 is 0 Å². The number of nitrogens with one attached hydrogen (secondary N) is 1. The van der Waals surface area contributed by atoms with Gasteiger partial charge in [0.05, 0.1) is 12.7 Å². The molecule has 0 atom stereocenters. The third-order valence-corrected chi connectivity index (χ3v) is 3.80. The summed E-state index contributed by atoms with van der Waals surface area (Å²) in [4.78, 5) is 12.3. The van der Waals surface area contributed by atoms with E-state index >= 15 is 0 Å². The van der Waals surface area contributed by atoms with Gasteiger partial charge >= 0.3 is 6.18 Å². The van der Waals surface area contributed by atoms with Crippen molar-refractivity contribution in [3.63, 3.8) is 0 Å². The van der Waals surface area contributed by atoms with Gasteiger partial charge in [0.15, 0.2) is 11.5 Å². The summed E-state index contributed by atoms with van der Waals surface area (Å²) in [5.74, 6) is 0.308. The number of carbonyl (C=O) groups excluding carboxylic acids is 1. The molecule has 1 amide bonds. The van der Waals surface area contributed by atoms with Crippen LogP contribution in [-0.2, 0) is 11.0 Å². The van der Waals surface area contributed by atoms with Crippen molar-refractivity contribution in [2.24, 2.45) is 0 Å². The summed E-state index contributed by atoms with van der Waals surface area (Å²) in [6, 6.07) is 8.97. The van der Waals surface area contributed by atoms with Gasteiger partial charge in [0.1, 0.15) is 11.6 Å². The Hall–Kier alpha value is -3.67. The van der Waals surface area contributed by atoms with Gasteiger partial charge in [0, 0.05) is 5.69 Å². The van der Waals surface area contributed by atoms with Gasteiger partial charge in [-0.2, -0.15) is 18.4 Å². The Morgan fingerprint density at radius 3 is 2.75 bits per heavy atom. The van der Waals surface area contributed by atoms with Crippen LogP contribution in [0.5, 0.6) is 17.2 Å². The van der Waals surface area contributed by atoms with Gasteiger partial charge in [0.25, 0.3) is 5.91 Å². The van der Waals surface area contributed by atoms with E-state index in [2.05, 4.69) is 5.32 Å². The number of rotatable bonds is 4. The normalized spacial score (nSPS) is 13.0. The fourth-order valence-corrected chi connectivity index (χ4v) is 2.52. The van der Waals surface area contributed by atoms with Crippen molar-refractivity contribution in [2.45, 2.75) is 6.18 Å². The molecule has 2 aromatic rings. The number of hydrogen-bond donors (Lipinski definition) is 1. The Kier molecular flexibility index (Phi) is 5.13. The maximum absolute atomic E-state index is 12.8. The Balaban J connectivity index is 1.86. The molecule has 9 heteroatoms. The molecule has 6 nitrogen and oxygen atoms in total. The summed E-state index contributed by atoms with van der Waals surface area (Å²) < 4.78 is 54.1. The minimum atomic E-state index is -4.54. The van der Waals surface area contributed by atoms with E-state index in [-0.39, 0.29) is 18.1 Å². The van der Waals surface area contributed by atoms with Crippen molar-refractivity contribution >= 4 is 17.7 Å². The molecule has 0 radical (unpaired) electrons. The molecule has 0 saturated carbocycles. The topological polar surface area (TPSA) is 80.6 Å². The molecule has 0 bridgehead atoms. The zero-order valence-electron chi connectivity index (χ0n) is 14.5. The lowest BCUT2D eigenvalue weighted by Crippen LogP contribution is -2.14. The zero-order valence-corrected chi connectivity index (χ0v) is 14.5. The van der Waals surface area contributed by atoms with Crippen LogP contribution in [0.4, 0.5) is 18.9 Å². The summed E-state index contributed by atoms with van der Waals surface area (Å²) in [6.07, 6.45) is -3.27. The van der Waals surface area contributed by atoms with Crippen molar-refractivity contribution in [1.29, 1.82) is 5.26 Å². The Morgan fingerprint density at radius 2 is 2.07 bits per heavy atom. The molecular formula is C19H13F3N2O4. The number of hydrogen-bond acceptors (Lipinski definition) is 5. The maximum atomic E-state index is 12.8. The molecule has 0 aliphatic carbocycles. The molecule has 1 aliphatic rings. The van der Waals surface area contributed by atoms with Crippen LogP contribution in [0.1, 0.15) is 11.1 Å². The number of anilines is 1. The molecule has 0 saturated heterocycles. The molecule has 144 valence electrons. The van der Waals surface area contributed by atoms with Gasteiger partial charge in [-0.15, -0.1) is 0 Å². The average molecular weight is 390 g/mol. The molecule has 2 aromatic carbocycles. The third kappa shape index (κ3) is 4.01. The van der Waals surface area contributed by atoms with E-state index in [1.165, 1.54) is 19.3 Å². The lowest BCUT2D eigenvalue weighted by molar-refractivity contribution is -0.137. The molecule has 0 unspecified atom stereocenters. The van der Waals surface area contributed by atoms with Gasteiger partial charge in [-0.1, -0.05) is 6.07 Å². The number of fused-ring (bicyclic) bond motifs is 1. The van der Waals surface area contributed by atoms with Gasteiger partial charge in [-0.3, -0.25) is 4.79 Å². The Bertz CT molecular complexity index is 994. The standard InChI is InChI=1S/C19H13F3N2O4/c1-26-15-6-11(7-16-17(15)28-10-27-16)5-12(9-23)18(25)24-14-4-2-3-13(8-14)19(20,21)22/h2-8H,10H2,1H3,(H,24,25)/b12-5+. The van der Waals surface area contributed by atoms with Crippen LogP contribution in [0.3, 0.4) is 0 Å². The quantitative estimate of drug-likeness (QED) is 0.631. The van der Waals surface area contributed by atoms with Crippen LogP contribution < -0.4 is 19.5 Å². The highest BCUT2D eigenvalue weighted by Gasteiger charge is 2.30. The number of nitriles is 1. The largest absolute Gasteiger partial charge is 0.493 e. The molecule has 28 heavy (non-hydrogen) atoms. The van der Waals surface area contributed by atoms with Crippen LogP contribution in [0.15, 0.2) is 42.0 Å². The summed E-state index contributed by atoms with van der Waals surface area (Å²) in [5.41, 5.74) is -0.868. The molecule has 0 fully saturated rings. The first-order valence-corrected chi connectivity index (χ1v) is 7.90. The number of nitrogens with zero attached hydrogens (tertiary/aromatic N) is 1. The monoisotopic (exact) mass is 390 g/mol. The Labute approximate surface area is 157 Å². The number of alkyl halides is 3. The number of benzene rings is 2. The lowest BCUT2D eigenvalue weighted by Gasteiger charge is -2.10. The minimum Gasteiger partial charge on any atom is -0.493 e. The smallest absolute Gasteiger partial charge is 0.416 e. The van der Waals surface area contributed by atoms with Crippen molar-refractivity contribution < 1.29 is 32.2 Å². The maximum Gasteiger partial charge on any atom is 0.416 e. The van der Waals surface area contributed by atoms with Crippen LogP contribution in [0.2, 0.25) is 0 Å². The number of amides is 1. The number of halogens is 3. The highest BCUT2D eigenvalue weighted by Crippen LogP contribution is 2.42. The predicted molar refractivity (Wildman–Crippen MR) is 92.8 cm³/mol. The first-order chi connectivity index (χ1) is 13.3. The van der Waals surface area contributed by atoms with E-state index in [0.29, 0.717) is 22.8 Å². The van der Waals surface area contributed by atoms with E-state index in [4.69, 9.17) is 14.2 Å². The second-order valence-electron chi connectivity index (χ2n) is 5.66. The van der Waals surface area contributed by atoms with Crippen LogP contribution in [-0.4, -0.2) is 19.8 Å². The molecule has 1 aliphatic heterocycles. The minimum absolute atomic E-state index is 0.0139. The van der Waals surface area contributed by atoms with Gasteiger partial charge in [-0.05, 0) is 42.0 Å². The second kappa shape index (κ2) is 7.52. The third-order valence-electron chi connectivity index (χ3n) is 3.80. The van der Waals surface area contributed by atoms with Gasteiger partial charge in [0.2, 0.25) is 12.5 Å². The lowest BCUT2D eigenvalue weighted by atomic mass is 10.1. The van der Waals surface area contributed by atoms with Crippen molar-refractivity contribution in [1.82, 2.24) is 0 Å². The number of methoxy groups -OCH3 is 1. The van der Waals surface area contributed by atoms with Crippen molar-refractivity contribution in [2.75, 3.05) is 19.2 Å². The SMILES string of the molecule is COc1cc(/C=C(\C#N)C(=O)Nc2cccc(C(F)(F)F)c2)cc2c1OCO2. The molecular weight excluding hydrogens is 377 g/mol. The number of carbonyl (C=O) groups is 1. The van der Waals surface area contributed by atoms with Crippen LogP contribution in [0.25, 0.3) is 6.08 Å². The van der Waals surface area contributed by atoms with E-state index in [1.54, 1.807) is 18.2 Å². The Morgan fingerprint density at radius 1 is 1.29 bits per heavy atom. The summed E-state index contributed by atoms with van der Waals surface area (Å²) in [6.45, 7) is 0.0139. The average Bonchev–Trinajstić information content (AvgIpc) is 3.13. The van der Waals surface area contributed by atoms with Gasteiger partial charge in [-0.25, -0.2) is 0 Å². The molecule has 0 spiro atoms. The molecule has 3 rings (SSSR count). The highest BCUT2D eigenvalue weighted by atomic mass is 19.4. The van der Waals surface area contributed by atoms with E-state index < -0.39 is 17.6 Å². The van der Waals surface area contributed by atoms with Crippen molar-refractivity contribution in [3.05, 3.63) is 53.1 Å². The van der Waals surface area contributed by atoms with Gasteiger partial charge < -0.3 is 19.5 Å². The second-order valence-corrected chi connectivity index (χ2v) is 5.66. The van der Waals surface area contributed by atoms with Crippen LogP contribution in [0, 0.1) is 11.3 Å². The first-order valence-electron chi connectivity index (χ1n) is 7.90.